The van der Waals surface area contributed by atoms with Crippen LogP contribution >= 0.6 is 22.0 Å². The maximum atomic E-state index is 4.19. The van der Waals surface area contributed by atoms with Gasteiger partial charge in [-0.2, -0.15) is 22.0 Å². The lowest BCUT2D eigenvalue weighted by atomic mass is 9.63. The number of fused-ring (bicyclic) bond motifs is 5. The molecule has 1 nitrogen and oxygen atoms in total. The Labute approximate surface area is 181 Å². The highest BCUT2D eigenvalue weighted by Crippen LogP contribution is 2.70. The van der Waals surface area contributed by atoms with E-state index in [1.165, 1.54) is 38.5 Å². The van der Waals surface area contributed by atoms with E-state index in [1.54, 1.807) is 6.42 Å². The summed E-state index contributed by atoms with van der Waals surface area (Å²) >= 11 is 2.48. The van der Waals surface area contributed by atoms with Gasteiger partial charge >= 0.3 is 0 Å². The Balaban J connectivity index is 1.67. The molecule has 28 heavy (non-hydrogen) atoms. The minimum Gasteiger partial charge on any atom is -0.276 e. The summed E-state index contributed by atoms with van der Waals surface area (Å²) in [7, 11) is -0.825. The Morgan fingerprint density at radius 2 is 1.50 bits per heavy atom. The van der Waals surface area contributed by atoms with Gasteiger partial charge in [-0.05, 0) is 100 Å². The summed E-state index contributed by atoms with van der Waals surface area (Å²) in [5.74, 6) is 5.02. The Bertz CT molecular complexity index is 572. The summed E-state index contributed by atoms with van der Waals surface area (Å²) < 4.78 is 4.19. The molecule has 8 atom stereocenters. The van der Waals surface area contributed by atoms with Crippen LogP contribution in [0.4, 0.5) is 0 Å². The number of hydrogen-bond donors (Lipinski definition) is 1. The second kappa shape index (κ2) is 7.37. The average Bonchev–Trinajstić information content (AvgIpc) is 3.04. The molecule has 4 rings (SSSR count). The molecule has 0 radical (unpaired) electrons. The summed E-state index contributed by atoms with van der Waals surface area (Å²) in [5.41, 5.74) is 0.700. The zero-order chi connectivity index (χ0) is 20.5. The third kappa shape index (κ3) is 3.95. The fourth-order valence-electron chi connectivity index (χ4n) is 7.87. The molecule has 1 saturated heterocycles. The Hall–Kier alpha value is 0.660. The Kier molecular flexibility index (Phi) is 5.76. The van der Waals surface area contributed by atoms with Crippen molar-refractivity contribution >= 4 is 22.0 Å². The van der Waals surface area contributed by atoms with Crippen molar-refractivity contribution in [2.45, 2.75) is 108 Å². The summed E-state index contributed by atoms with van der Waals surface area (Å²) in [4.78, 5) is 0. The molecule has 8 unspecified atom stereocenters. The van der Waals surface area contributed by atoms with Crippen molar-refractivity contribution < 1.29 is 0 Å². The molecule has 4 fully saturated rings. The molecule has 1 heterocycles. The third-order valence-electron chi connectivity index (χ3n) is 8.63. The Morgan fingerprint density at radius 3 is 2.14 bits per heavy atom. The molecule has 3 aliphatic carbocycles. The summed E-state index contributed by atoms with van der Waals surface area (Å²) in [6, 6.07) is 0. The summed E-state index contributed by atoms with van der Waals surface area (Å²) in [5, 5.41) is 2.86. The van der Waals surface area contributed by atoms with E-state index in [1.807, 2.05) is 0 Å². The number of rotatable bonds is 2. The monoisotopic (exact) mass is 425 g/mol. The topological polar surface area (TPSA) is 12.0 Å². The number of hydrogen-bond acceptors (Lipinski definition) is 2. The second-order valence-corrected chi connectivity index (χ2v) is 18.1. The normalized spacial score (nSPS) is 44.7. The second-order valence-electron chi connectivity index (χ2n) is 13.1. The molecule has 164 valence electrons. The van der Waals surface area contributed by atoms with Crippen LogP contribution in [0.2, 0.25) is 0 Å². The highest BCUT2D eigenvalue weighted by Gasteiger charge is 2.62. The van der Waals surface area contributed by atoms with Gasteiger partial charge in [0.05, 0.1) is 0 Å². The SMILES string of the molecule is CC(C)(C)NS(C)(C)C1C2CC(C(C)(C)C)CCC2C2C3CCCCC3SC21. The van der Waals surface area contributed by atoms with Crippen molar-refractivity contribution in [3.05, 3.63) is 0 Å². The van der Waals surface area contributed by atoms with Crippen LogP contribution in [0.25, 0.3) is 0 Å². The average molecular weight is 426 g/mol. The van der Waals surface area contributed by atoms with Gasteiger partial charge < -0.3 is 0 Å². The molecule has 0 aromatic carbocycles. The van der Waals surface area contributed by atoms with Crippen LogP contribution in [0.5, 0.6) is 0 Å². The largest absolute Gasteiger partial charge is 0.276 e. The molecular weight excluding hydrogens is 378 g/mol. The van der Waals surface area contributed by atoms with E-state index in [0.29, 0.717) is 5.41 Å². The van der Waals surface area contributed by atoms with E-state index in [2.05, 4.69) is 70.5 Å². The van der Waals surface area contributed by atoms with Crippen LogP contribution in [-0.4, -0.2) is 33.8 Å². The predicted octanol–water partition coefficient (Wildman–Crippen LogP) is 7.10. The van der Waals surface area contributed by atoms with E-state index >= 15 is 0 Å². The molecule has 0 aromatic rings. The quantitative estimate of drug-likeness (QED) is 0.506. The van der Waals surface area contributed by atoms with Crippen molar-refractivity contribution in [1.82, 2.24) is 4.72 Å². The van der Waals surface area contributed by atoms with Gasteiger partial charge in [-0.15, -0.1) is 0 Å². The van der Waals surface area contributed by atoms with Crippen molar-refractivity contribution in [3.63, 3.8) is 0 Å². The van der Waals surface area contributed by atoms with Gasteiger partial charge in [-0.3, -0.25) is 4.72 Å². The lowest BCUT2D eigenvalue weighted by molar-refractivity contribution is 0.0834. The summed E-state index contributed by atoms with van der Waals surface area (Å²) in [6.07, 6.45) is 15.8. The van der Waals surface area contributed by atoms with Crippen molar-refractivity contribution in [3.8, 4) is 0 Å². The van der Waals surface area contributed by atoms with Crippen LogP contribution in [0.1, 0.15) is 86.5 Å². The van der Waals surface area contributed by atoms with E-state index in [9.17, 15) is 0 Å². The van der Waals surface area contributed by atoms with Crippen LogP contribution in [-0.2, 0) is 0 Å². The predicted molar refractivity (Wildman–Crippen MR) is 131 cm³/mol. The molecule has 3 heteroatoms. The molecule has 0 amide bonds. The number of thioether (sulfide) groups is 1. The lowest BCUT2D eigenvalue weighted by Crippen LogP contribution is -2.46. The van der Waals surface area contributed by atoms with E-state index in [4.69, 9.17) is 0 Å². The zero-order valence-electron chi connectivity index (χ0n) is 19.9. The first-order chi connectivity index (χ1) is 12.9. The van der Waals surface area contributed by atoms with E-state index in [-0.39, 0.29) is 5.54 Å². The van der Waals surface area contributed by atoms with Gasteiger partial charge in [0.25, 0.3) is 0 Å². The molecular formula is C25H47NS2. The standard InChI is InChI=1S/C25H47NS2/c1-24(2,3)16-13-14-17-19(15-16)23(28(7,8)26-25(4,5)6)22-21(17)18-11-9-10-12-20(18)27-22/h16-23,26H,9-15H2,1-8H3. The minimum atomic E-state index is -0.825. The van der Waals surface area contributed by atoms with Crippen LogP contribution in [0.15, 0.2) is 0 Å². The highest BCUT2D eigenvalue weighted by atomic mass is 32.3. The molecule has 0 spiro atoms. The molecule has 1 aliphatic heterocycles. The van der Waals surface area contributed by atoms with Crippen LogP contribution in [0, 0.1) is 35.0 Å². The fourth-order valence-corrected chi connectivity index (χ4v) is 14.8. The molecule has 1 N–H and O–H groups in total. The highest BCUT2D eigenvalue weighted by molar-refractivity contribution is 8.32. The van der Waals surface area contributed by atoms with Gasteiger partial charge in [0, 0.05) is 21.3 Å². The molecule has 0 bridgehead atoms. The van der Waals surface area contributed by atoms with Crippen LogP contribution in [0.3, 0.4) is 0 Å². The van der Waals surface area contributed by atoms with E-state index in [0.717, 1.165) is 45.3 Å². The Morgan fingerprint density at radius 1 is 0.821 bits per heavy atom. The number of nitrogens with one attached hydrogen (secondary N) is 1. The smallest absolute Gasteiger partial charge is 0.0202 e. The van der Waals surface area contributed by atoms with Gasteiger partial charge in [-0.25, -0.2) is 0 Å². The van der Waals surface area contributed by atoms with Gasteiger partial charge in [0.1, 0.15) is 0 Å². The first-order valence-corrected chi connectivity index (χ1v) is 15.5. The molecule has 3 saturated carbocycles. The van der Waals surface area contributed by atoms with Gasteiger partial charge in [0.15, 0.2) is 0 Å². The lowest BCUT2D eigenvalue weighted by Gasteiger charge is -2.51. The maximum Gasteiger partial charge on any atom is 0.0202 e. The zero-order valence-corrected chi connectivity index (χ0v) is 21.5. The van der Waals surface area contributed by atoms with Crippen molar-refractivity contribution in [2.75, 3.05) is 12.5 Å². The van der Waals surface area contributed by atoms with E-state index < -0.39 is 10.2 Å². The van der Waals surface area contributed by atoms with Gasteiger partial charge in [-0.1, -0.05) is 33.6 Å². The molecule has 0 aromatic heterocycles. The first kappa shape index (κ1) is 21.9. The van der Waals surface area contributed by atoms with Crippen LogP contribution < -0.4 is 4.72 Å². The maximum absolute atomic E-state index is 4.19. The first-order valence-electron chi connectivity index (χ1n) is 12.0. The van der Waals surface area contributed by atoms with Crippen molar-refractivity contribution in [1.29, 1.82) is 0 Å². The van der Waals surface area contributed by atoms with Gasteiger partial charge in [0.2, 0.25) is 0 Å². The minimum absolute atomic E-state index is 0.223. The molecule has 4 aliphatic rings. The third-order valence-corrected chi connectivity index (χ3v) is 13.8. The van der Waals surface area contributed by atoms with Crippen molar-refractivity contribution in [2.24, 2.45) is 35.0 Å². The summed E-state index contributed by atoms with van der Waals surface area (Å²) in [6.45, 7) is 14.6. The fraction of sp³-hybridized carbons (Fsp3) is 1.00.